The molecule has 13 heteroatoms. The van der Waals surface area contributed by atoms with E-state index in [2.05, 4.69) is 51.5 Å². The van der Waals surface area contributed by atoms with Gasteiger partial charge in [-0.2, -0.15) is 24.3 Å². The predicted molar refractivity (Wildman–Crippen MR) is 172 cm³/mol. The molecule has 0 unspecified atom stereocenters. The van der Waals surface area contributed by atoms with Crippen LogP contribution in [0.3, 0.4) is 0 Å². The Morgan fingerprint density at radius 1 is 1.04 bits per heavy atom. The average Bonchev–Trinajstić information content (AvgIpc) is 3.24. The van der Waals surface area contributed by atoms with Crippen molar-refractivity contribution in [3.63, 3.8) is 0 Å². The lowest BCUT2D eigenvalue weighted by atomic mass is 9.61. The third kappa shape index (κ3) is 5.08. The molecule has 0 bridgehead atoms. The van der Waals surface area contributed by atoms with Gasteiger partial charge in [-0.25, -0.2) is 9.59 Å². The van der Waals surface area contributed by atoms with Gasteiger partial charge in [0.1, 0.15) is 18.0 Å². The lowest BCUT2D eigenvalue weighted by Gasteiger charge is -2.52. The van der Waals surface area contributed by atoms with Crippen molar-refractivity contribution < 1.29 is 24.5 Å². The number of methoxy groups -OCH3 is 1. The molecule has 0 saturated carbocycles. The number of amidine groups is 1. The Morgan fingerprint density at radius 3 is 2.27 bits per heavy atom. The Balaban J connectivity index is 1.93. The van der Waals surface area contributed by atoms with E-state index in [1.807, 2.05) is 32.0 Å². The molecule has 3 aliphatic rings. The Bertz CT molecular complexity index is 1780. The predicted octanol–water partition coefficient (Wildman–Crippen LogP) is 6.87. The van der Waals surface area contributed by atoms with Crippen molar-refractivity contribution in [1.82, 2.24) is 29.9 Å². The minimum Gasteiger partial charge on any atom is -0.496 e. The zero-order chi connectivity index (χ0) is 33.1. The number of amides is 2. The summed E-state index contributed by atoms with van der Waals surface area (Å²) < 4.78 is 9.53. The van der Waals surface area contributed by atoms with Crippen molar-refractivity contribution in [3.05, 3.63) is 64.9 Å². The van der Waals surface area contributed by atoms with Crippen LogP contribution in [-0.2, 0) is 11.3 Å². The van der Waals surface area contributed by atoms with Gasteiger partial charge in [0.15, 0.2) is 5.84 Å². The number of hydrogen-bond donors (Lipinski definition) is 2. The zero-order valence-electron chi connectivity index (χ0n) is 26.8. The molecule has 0 spiro atoms. The normalized spacial score (nSPS) is 14.6. The standard InChI is InChI=1S/C32H37N7O5S/c1-17-14-34-22(18(2)26(17)44-9)16-38-35-21-13-20(19-11-10-12-33-15-19)24-23(21)25(36-38)27(39(28(40)41)29(42)43)37-45-32(24,30(3,4)5)31(6,7)8/h10-15H,16H2,1-9H3,(H,40,41)(H,42,43). The zero-order valence-corrected chi connectivity index (χ0v) is 27.6. The first-order valence-electron chi connectivity index (χ1n) is 14.4. The summed E-state index contributed by atoms with van der Waals surface area (Å²) >= 11 is 1.17. The van der Waals surface area contributed by atoms with Crippen molar-refractivity contribution in [1.29, 1.82) is 0 Å². The summed E-state index contributed by atoms with van der Waals surface area (Å²) in [6.07, 6.45) is 1.78. The highest BCUT2D eigenvalue weighted by molar-refractivity contribution is 7.99. The number of carbonyl (C=O) groups is 2. The van der Waals surface area contributed by atoms with Gasteiger partial charge in [-0.05, 0) is 59.9 Å². The van der Waals surface area contributed by atoms with Crippen LogP contribution in [0.1, 0.15) is 69.6 Å². The molecule has 236 valence electrons. The Kier molecular flexibility index (Phi) is 7.89. The molecule has 2 aliphatic heterocycles. The number of nitrogens with zero attached hydrogens (tertiary/aromatic N) is 7. The molecule has 45 heavy (non-hydrogen) atoms. The second kappa shape index (κ2) is 11.1. The third-order valence-corrected chi connectivity index (χ3v) is 10.3. The van der Waals surface area contributed by atoms with Crippen molar-refractivity contribution in [2.24, 2.45) is 15.2 Å². The maximum absolute atomic E-state index is 12.5. The summed E-state index contributed by atoms with van der Waals surface area (Å²) in [5.74, 6) is 0.378. The van der Waals surface area contributed by atoms with Crippen molar-refractivity contribution >= 4 is 30.0 Å². The molecule has 2 aromatic heterocycles. The van der Waals surface area contributed by atoms with E-state index in [9.17, 15) is 19.8 Å². The van der Waals surface area contributed by atoms with Crippen LogP contribution in [-0.4, -0.2) is 65.2 Å². The van der Waals surface area contributed by atoms with Gasteiger partial charge in [-0.1, -0.05) is 47.6 Å². The number of hydrogen-bond acceptors (Lipinski definition) is 9. The number of imide groups is 1. The monoisotopic (exact) mass is 631 g/mol. The fraction of sp³-hybridized carbons (Fsp3) is 0.406. The number of aryl methyl sites for hydroxylation is 1. The fourth-order valence-electron chi connectivity index (χ4n) is 6.64. The average molecular weight is 632 g/mol. The minimum absolute atomic E-state index is 0.0922. The first-order valence-corrected chi connectivity index (χ1v) is 15.1. The molecule has 2 amide bonds. The van der Waals surface area contributed by atoms with Crippen LogP contribution in [0.25, 0.3) is 22.4 Å². The fourth-order valence-corrected chi connectivity index (χ4v) is 7.88. The Morgan fingerprint density at radius 2 is 1.71 bits per heavy atom. The molecular weight excluding hydrogens is 594 g/mol. The molecule has 2 aromatic rings. The maximum atomic E-state index is 12.5. The van der Waals surface area contributed by atoms with Crippen molar-refractivity contribution in [2.75, 3.05) is 7.11 Å². The second-order valence-electron chi connectivity index (χ2n) is 13.1. The highest BCUT2D eigenvalue weighted by Crippen LogP contribution is 2.66. The Hall–Kier alpha value is -4.52. The molecule has 0 aromatic carbocycles. The van der Waals surface area contributed by atoms with Crippen LogP contribution < -0.4 is 4.74 Å². The van der Waals surface area contributed by atoms with Gasteiger partial charge >= 0.3 is 12.2 Å². The highest BCUT2D eigenvalue weighted by atomic mass is 32.2. The molecule has 0 fully saturated rings. The highest BCUT2D eigenvalue weighted by Gasteiger charge is 2.58. The lowest BCUT2D eigenvalue weighted by molar-refractivity contribution is 0.142. The van der Waals surface area contributed by atoms with E-state index in [-0.39, 0.29) is 23.0 Å². The van der Waals surface area contributed by atoms with Gasteiger partial charge in [0, 0.05) is 40.8 Å². The summed E-state index contributed by atoms with van der Waals surface area (Å²) in [5.41, 5.74) is 5.02. The summed E-state index contributed by atoms with van der Waals surface area (Å²) in [6.45, 7) is 16.5. The number of aromatic nitrogens is 5. The number of carboxylic acid groups (broad SMARTS) is 2. The number of rotatable bonds is 4. The molecule has 0 radical (unpaired) electrons. The topological polar surface area (TPSA) is 156 Å². The van der Waals surface area contributed by atoms with Crippen LogP contribution >= 0.6 is 11.9 Å². The largest absolute Gasteiger partial charge is 0.496 e. The van der Waals surface area contributed by atoms with Crippen LogP contribution in [0.15, 0.2) is 41.2 Å². The molecule has 4 heterocycles. The van der Waals surface area contributed by atoms with Crippen LogP contribution in [0.5, 0.6) is 5.75 Å². The van der Waals surface area contributed by atoms with E-state index in [1.165, 1.54) is 16.7 Å². The van der Waals surface area contributed by atoms with E-state index in [4.69, 9.17) is 19.3 Å². The first kappa shape index (κ1) is 31.9. The van der Waals surface area contributed by atoms with E-state index in [1.54, 1.807) is 25.7 Å². The van der Waals surface area contributed by atoms with Gasteiger partial charge in [0.25, 0.3) is 0 Å². The summed E-state index contributed by atoms with van der Waals surface area (Å²) in [7, 11) is 1.59. The summed E-state index contributed by atoms with van der Waals surface area (Å²) in [4.78, 5) is 35.5. The Labute approximate surface area is 266 Å². The molecule has 1 aliphatic carbocycles. The van der Waals surface area contributed by atoms with Gasteiger partial charge in [-0.3, -0.25) is 9.97 Å². The van der Waals surface area contributed by atoms with Gasteiger partial charge in [0.2, 0.25) is 0 Å². The molecule has 12 nitrogen and oxygen atoms in total. The van der Waals surface area contributed by atoms with Gasteiger partial charge in [0.05, 0.1) is 23.2 Å². The number of ether oxygens (including phenoxy) is 1. The molecular formula is C32H37N7O5S. The molecule has 5 rings (SSSR count). The summed E-state index contributed by atoms with van der Waals surface area (Å²) in [6, 6.07) is 5.75. The smallest absolute Gasteiger partial charge is 0.422 e. The first-order chi connectivity index (χ1) is 21.0. The van der Waals surface area contributed by atoms with Gasteiger partial charge in [-0.15, -0.1) is 0 Å². The van der Waals surface area contributed by atoms with Gasteiger partial charge < -0.3 is 14.9 Å². The van der Waals surface area contributed by atoms with Crippen LogP contribution in [0.4, 0.5) is 9.59 Å². The SMILES string of the molecule is COc1c(C)cnc(Cn2nc3cc(-c4cccnc4)c4c-3c(n2)C(N(C(=O)O)C(=O)O)=NSC4(C(C)(C)C)C(C)(C)C)c1C. The number of pyridine rings is 2. The van der Waals surface area contributed by atoms with Crippen LogP contribution in [0.2, 0.25) is 0 Å². The van der Waals surface area contributed by atoms with E-state index >= 15 is 0 Å². The maximum Gasteiger partial charge on any atom is 0.422 e. The van der Waals surface area contributed by atoms with E-state index < -0.39 is 27.8 Å². The molecule has 2 N–H and O–H groups in total. The van der Waals surface area contributed by atoms with Crippen molar-refractivity contribution in [3.8, 4) is 28.1 Å². The molecule has 0 atom stereocenters. The summed E-state index contributed by atoms with van der Waals surface area (Å²) in [5, 5.41) is 30.0. The minimum atomic E-state index is -1.69. The van der Waals surface area contributed by atoms with Crippen LogP contribution in [0, 0.1) is 24.7 Å². The second-order valence-corrected chi connectivity index (χ2v) is 14.1. The third-order valence-electron chi connectivity index (χ3n) is 8.29. The van der Waals surface area contributed by atoms with E-state index in [0.717, 1.165) is 27.8 Å². The van der Waals surface area contributed by atoms with Crippen molar-refractivity contribution in [2.45, 2.75) is 66.7 Å². The quantitative estimate of drug-likeness (QED) is 0.228. The lowest BCUT2D eigenvalue weighted by Crippen LogP contribution is -2.47. The molecule has 0 saturated heterocycles. The van der Waals surface area contributed by atoms with E-state index in [0.29, 0.717) is 22.7 Å².